The minimum Gasteiger partial charge on any atom is -0.352 e. The summed E-state index contributed by atoms with van der Waals surface area (Å²) < 4.78 is 1.78. The number of anilines is 1. The van der Waals surface area contributed by atoms with Gasteiger partial charge < -0.3 is 10.2 Å². The summed E-state index contributed by atoms with van der Waals surface area (Å²) in [7, 11) is 0. The van der Waals surface area contributed by atoms with Crippen molar-refractivity contribution in [3.8, 4) is 5.69 Å². The molecule has 2 amide bonds. The Bertz CT molecular complexity index is 1040. The number of carbonyl (C=O) groups is 2. The fraction of sp³-hybridized carbons (Fsp3) is 0.292. The lowest BCUT2D eigenvalue weighted by molar-refractivity contribution is -0.126. The molecule has 0 bridgehead atoms. The molecule has 4 rings (SSSR count). The van der Waals surface area contributed by atoms with Gasteiger partial charge in [-0.25, -0.2) is 4.68 Å². The van der Waals surface area contributed by atoms with Crippen LogP contribution in [0.5, 0.6) is 0 Å². The first-order chi connectivity index (χ1) is 14.5. The molecule has 6 nitrogen and oxygen atoms in total. The second-order valence-electron chi connectivity index (χ2n) is 7.95. The third kappa shape index (κ3) is 4.13. The molecule has 1 aliphatic rings. The first-order valence-corrected chi connectivity index (χ1v) is 10.3. The van der Waals surface area contributed by atoms with Gasteiger partial charge in [0.2, 0.25) is 11.8 Å². The highest BCUT2D eigenvalue weighted by molar-refractivity contribution is 6.00. The smallest absolute Gasteiger partial charge is 0.227 e. The van der Waals surface area contributed by atoms with Gasteiger partial charge in [0.1, 0.15) is 0 Å². The van der Waals surface area contributed by atoms with E-state index in [1.807, 2.05) is 54.7 Å². The maximum atomic E-state index is 12.8. The number of nitrogens with one attached hydrogen (secondary N) is 1. The van der Waals surface area contributed by atoms with Crippen molar-refractivity contribution < 1.29 is 9.59 Å². The van der Waals surface area contributed by atoms with E-state index in [0.717, 1.165) is 16.9 Å². The van der Waals surface area contributed by atoms with E-state index in [1.165, 1.54) is 5.56 Å². The Labute approximate surface area is 176 Å². The summed E-state index contributed by atoms with van der Waals surface area (Å²) in [4.78, 5) is 27.1. The van der Waals surface area contributed by atoms with Crippen LogP contribution in [0.25, 0.3) is 5.69 Å². The highest BCUT2D eigenvalue weighted by Gasteiger charge is 2.35. The van der Waals surface area contributed by atoms with E-state index in [9.17, 15) is 9.59 Å². The number of rotatable bonds is 6. The third-order valence-electron chi connectivity index (χ3n) is 5.54. The molecule has 1 saturated heterocycles. The topological polar surface area (TPSA) is 67.2 Å². The summed E-state index contributed by atoms with van der Waals surface area (Å²) in [6.07, 6.45) is 3.83. The molecule has 154 valence electrons. The number of aromatic nitrogens is 2. The fourth-order valence-electron chi connectivity index (χ4n) is 3.81. The van der Waals surface area contributed by atoms with Crippen molar-refractivity contribution in [2.24, 2.45) is 5.92 Å². The summed E-state index contributed by atoms with van der Waals surface area (Å²) in [5.74, 6) is -0.0668. The zero-order valence-electron chi connectivity index (χ0n) is 17.3. The predicted octanol–water partition coefficient (Wildman–Crippen LogP) is 3.67. The number of benzene rings is 2. The van der Waals surface area contributed by atoms with Crippen molar-refractivity contribution in [1.29, 1.82) is 0 Å². The minimum absolute atomic E-state index is 0.00648. The van der Waals surface area contributed by atoms with Crippen molar-refractivity contribution in [2.75, 3.05) is 11.4 Å². The highest BCUT2D eigenvalue weighted by atomic mass is 16.2. The molecule has 1 atom stereocenters. The summed E-state index contributed by atoms with van der Waals surface area (Å²) in [5, 5.41) is 7.28. The van der Waals surface area contributed by atoms with Gasteiger partial charge in [0, 0.05) is 37.6 Å². The van der Waals surface area contributed by atoms with Gasteiger partial charge in [-0.2, -0.15) is 5.10 Å². The van der Waals surface area contributed by atoms with Crippen molar-refractivity contribution in [3.63, 3.8) is 0 Å². The largest absolute Gasteiger partial charge is 0.352 e. The number of carbonyl (C=O) groups excluding carboxylic acids is 2. The first kappa shape index (κ1) is 19.9. The molecule has 1 aliphatic heterocycles. The van der Waals surface area contributed by atoms with E-state index in [4.69, 9.17) is 0 Å². The lowest BCUT2D eigenvalue weighted by atomic mass is 10.0. The van der Waals surface area contributed by atoms with E-state index >= 15 is 0 Å². The molecule has 1 unspecified atom stereocenters. The molecular formula is C24H26N4O2. The maximum Gasteiger partial charge on any atom is 0.227 e. The van der Waals surface area contributed by atoms with Crippen LogP contribution in [0.15, 0.2) is 67.0 Å². The van der Waals surface area contributed by atoms with Crippen molar-refractivity contribution >= 4 is 17.5 Å². The normalized spacial score (nSPS) is 16.3. The quantitative estimate of drug-likeness (QED) is 0.684. The summed E-state index contributed by atoms with van der Waals surface area (Å²) in [5.41, 5.74) is 3.95. The van der Waals surface area contributed by atoms with Gasteiger partial charge in [-0.15, -0.1) is 0 Å². The lowest BCUT2D eigenvalue weighted by Gasteiger charge is -2.18. The molecule has 0 aliphatic carbocycles. The second kappa shape index (κ2) is 8.53. The van der Waals surface area contributed by atoms with Gasteiger partial charge in [0.25, 0.3) is 0 Å². The van der Waals surface area contributed by atoms with Gasteiger partial charge >= 0.3 is 0 Å². The van der Waals surface area contributed by atoms with E-state index in [-0.39, 0.29) is 24.2 Å². The number of hydrogen-bond donors (Lipinski definition) is 1. The molecular weight excluding hydrogens is 376 g/mol. The summed E-state index contributed by atoms with van der Waals surface area (Å²) >= 11 is 0. The Kier molecular flexibility index (Phi) is 5.65. The molecule has 3 aromatic rings. The van der Waals surface area contributed by atoms with Gasteiger partial charge in [0.05, 0.1) is 11.6 Å². The Morgan fingerprint density at radius 1 is 1.17 bits per heavy atom. The first-order valence-electron chi connectivity index (χ1n) is 10.3. The molecule has 1 aromatic heterocycles. The Balaban J connectivity index is 1.42. The minimum atomic E-state index is -0.350. The molecule has 1 N–H and O–H groups in total. The maximum absolute atomic E-state index is 12.8. The molecule has 2 aromatic carbocycles. The summed E-state index contributed by atoms with van der Waals surface area (Å²) in [6.45, 7) is 5.06. The number of para-hydroxylation sites is 1. The van der Waals surface area contributed by atoms with Gasteiger partial charge in [0.15, 0.2) is 0 Å². The average Bonchev–Trinajstić information content (AvgIpc) is 3.42. The Morgan fingerprint density at radius 3 is 2.77 bits per heavy atom. The molecule has 0 saturated carbocycles. The lowest BCUT2D eigenvalue weighted by Crippen LogP contribution is -2.32. The van der Waals surface area contributed by atoms with Crippen LogP contribution in [0.2, 0.25) is 0 Å². The van der Waals surface area contributed by atoms with Gasteiger partial charge in [-0.1, -0.05) is 44.2 Å². The SMILES string of the molecule is CC(C)c1cccc(N2CC(C(=O)NCc3ccccc3-n3cccn3)CC2=O)c1. The molecule has 30 heavy (non-hydrogen) atoms. The van der Waals surface area contributed by atoms with Crippen LogP contribution in [-0.4, -0.2) is 28.1 Å². The van der Waals surface area contributed by atoms with Crippen LogP contribution in [0.1, 0.15) is 37.3 Å². The third-order valence-corrected chi connectivity index (χ3v) is 5.54. The van der Waals surface area contributed by atoms with Gasteiger partial charge in [-0.05, 0) is 41.3 Å². The molecule has 1 fully saturated rings. The monoisotopic (exact) mass is 402 g/mol. The van der Waals surface area contributed by atoms with Crippen molar-refractivity contribution in [2.45, 2.75) is 32.7 Å². The van der Waals surface area contributed by atoms with E-state index in [2.05, 4.69) is 30.3 Å². The molecule has 0 radical (unpaired) electrons. The number of hydrogen-bond acceptors (Lipinski definition) is 3. The van der Waals surface area contributed by atoms with Crippen LogP contribution in [0, 0.1) is 5.92 Å². The van der Waals surface area contributed by atoms with Crippen LogP contribution in [0.4, 0.5) is 5.69 Å². The van der Waals surface area contributed by atoms with Crippen molar-refractivity contribution in [3.05, 3.63) is 78.1 Å². The zero-order chi connectivity index (χ0) is 21.1. The predicted molar refractivity (Wildman–Crippen MR) is 116 cm³/mol. The van der Waals surface area contributed by atoms with Crippen LogP contribution in [-0.2, 0) is 16.1 Å². The standard InChI is InChI=1S/C24H26N4O2/c1-17(2)18-8-5-9-21(13-18)27-16-20(14-23(27)29)24(30)25-15-19-7-3-4-10-22(19)28-12-6-11-26-28/h3-13,17,20H,14-16H2,1-2H3,(H,25,30). The van der Waals surface area contributed by atoms with E-state index in [0.29, 0.717) is 19.0 Å². The van der Waals surface area contributed by atoms with Crippen LogP contribution >= 0.6 is 0 Å². The Hall–Kier alpha value is -3.41. The fourth-order valence-corrected chi connectivity index (χ4v) is 3.81. The number of nitrogens with zero attached hydrogens (tertiary/aromatic N) is 3. The highest BCUT2D eigenvalue weighted by Crippen LogP contribution is 2.28. The van der Waals surface area contributed by atoms with E-state index in [1.54, 1.807) is 15.8 Å². The second-order valence-corrected chi connectivity index (χ2v) is 7.95. The Morgan fingerprint density at radius 2 is 2.00 bits per heavy atom. The van der Waals surface area contributed by atoms with Crippen molar-refractivity contribution in [1.82, 2.24) is 15.1 Å². The summed E-state index contributed by atoms with van der Waals surface area (Å²) in [6, 6.07) is 17.7. The zero-order valence-corrected chi connectivity index (χ0v) is 17.3. The molecule has 0 spiro atoms. The molecule has 2 heterocycles. The van der Waals surface area contributed by atoms with E-state index < -0.39 is 0 Å². The average molecular weight is 402 g/mol. The van der Waals surface area contributed by atoms with Gasteiger partial charge in [-0.3, -0.25) is 9.59 Å². The molecule has 6 heteroatoms. The van der Waals surface area contributed by atoms with Crippen LogP contribution < -0.4 is 10.2 Å². The van der Waals surface area contributed by atoms with Crippen LogP contribution in [0.3, 0.4) is 0 Å². The number of amides is 2.